The molecule has 5 aromatic rings. The van der Waals surface area contributed by atoms with E-state index in [4.69, 9.17) is 50.1 Å². The Balaban J connectivity index is 1.49. The van der Waals surface area contributed by atoms with Gasteiger partial charge in [-0.05, 0) is 67.4 Å². The van der Waals surface area contributed by atoms with Gasteiger partial charge in [0.25, 0.3) is 5.91 Å². The first-order valence-electron chi connectivity index (χ1n) is 14.5. The Morgan fingerprint density at radius 1 is 0.935 bits per heavy atom. The average molecular weight is 660 g/mol. The van der Waals surface area contributed by atoms with Crippen LogP contribution in [-0.2, 0) is 11.2 Å². The van der Waals surface area contributed by atoms with Gasteiger partial charge in [-0.25, -0.2) is 4.98 Å². The molecular formula is C33H32Cl2N8O3. The molecule has 0 aliphatic heterocycles. The molecule has 0 aliphatic carbocycles. The number of nitrogens with two attached hydrogens (primary N) is 3. The number of primary amides is 1. The van der Waals surface area contributed by atoms with Crippen molar-refractivity contribution in [1.82, 2.24) is 19.9 Å². The predicted molar refractivity (Wildman–Crippen MR) is 180 cm³/mol. The van der Waals surface area contributed by atoms with E-state index in [1.807, 2.05) is 30.3 Å². The third-order valence-corrected chi connectivity index (χ3v) is 7.87. The zero-order valence-electron chi connectivity index (χ0n) is 24.7. The predicted octanol–water partition coefficient (Wildman–Crippen LogP) is 5.25. The zero-order chi connectivity index (χ0) is 32.6. The molecule has 0 fully saturated rings. The molecule has 0 bridgehead atoms. The fourth-order valence-corrected chi connectivity index (χ4v) is 5.27. The van der Waals surface area contributed by atoms with Gasteiger partial charge in [0.15, 0.2) is 5.96 Å². The smallest absolute Gasteiger partial charge is 0.251 e. The highest BCUT2D eigenvalue weighted by Crippen LogP contribution is 2.34. The number of imidazole rings is 1. The summed E-state index contributed by atoms with van der Waals surface area (Å²) in [6, 6.07) is 22.2. The van der Waals surface area contributed by atoms with Crippen molar-refractivity contribution < 1.29 is 14.3 Å². The average Bonchev–Trinajstić information content (AvgIpc) is 3.41. The van der Waals surface area contributed by atoms with Gasteiger partial charge in [-0.3, -0.25) is 19.6 Å². The number of hydrogen-bond donors (Lipinski definition) is 4. The minimum absolute atomic E-state index is 0.0333. The molecule has 0 unspecified atom stereocenters. The number of carbonyl (C=O) groups excluding carboxylic acids is 2. The molecule has 0 aliphatic rings. The van der Waals surface area contributed by atoms with Gasteiger partial charge < -0.3 is 31.8 Å². The number of aliphatic imine (C=N–C) groups is 1. The SMILES string of the molecule is NC(=O)[C@@H](CCCN=C(N)N)n1c(-c2cccc(Oc3ccc(Cl)c(Cl)c3)c2)nc2cc(C(=O)NCCc3ccccn3)ccc21. The first-order valence-corrected chi connectivity index (χ1v) is 15.2. The third kappa shape index (κ3) is 7.92. The van der Waals surface area contributed by atoms with Crippen molar-refractivity contribution >= 4 is 52.0 Å². The molecule has 0 spiro atoms. The molecule has 0 radical (unpaired) electrons. The van der Waals surface area contributed by atoms with Crippen molar-refractivity contribution in [1.29, 1.82) is 0 Å². The Hall–Kier alpha value is -5.13. The lowest BCUT2D eigenvalue weighted by molar-refractivity contribution is -0.121. The summed E-state index contributed by atoms with van der Waals surface area (Å²) in [7, 11) is 0. The highest BCUT2D eigenvalue weighted by atomic mass is 35.5. The Kier molecular flexibility index (Phi) is 10.4. The van der Waals surface area contributed by atoms with E-state index >= 15 is 0 Å². The van der Waals surface area contributed by atoms with Crippen LogP contribution in [0.3, 0.4) is 0 Å². The second kappa shape index (κ2) is 14.8. The van der Waals surface area contributed by atoms with Crippen molar-refractivity contribution in [2.24, 2.45) is 22.2 Å². The number of amides is 2. The highest BCUT2D eigenvalue weighted by molar-refractivity contribution is 6.42. The molecule has 0 saturated carbocycles. The van der Waals surface area contributed by atoms with Crippen molar-refractivity contribution in [3.8, 4) is 22.9 Å². The molecule has 46 heavy (non-hydrogen) atoms. The van der Waals surface area contributed by atoms with Gasteiger partial charge in [-0.1, -0.05) is 41.4 Å². The fourth-order valence-electron chi connectivity index (χ4n) is 4.98. The Morgan fingerprint density at radius 2 is 1.76 bits per heavy atom. The Bertz CT molecular complexity index is 1890. The molecule has 3 aromatic carbocycles. The van der Waals surface area contributed by atoms with Crippen LogP contribution in [0.5, 0.6) is 11.5 Å². The van der Waals surface area contributed by atoms with Crippen molar-refractivity contribution in [3.05, 3.63) is 106 Å². The topological polar surface area (TPSA) is 177 Å². The number of nitrogens with one attached hydrogen (secondary N) is 1. The molecule has 7 N–H and O–H groups in total. The summed E-state index contributed by atoms with van der Waals surface area (Å²) in [5.41, 5.74) is 20.0. The van der Waals surface area contributed by atoms with Gasteiger partial charge in [-0.2, -0.15) is 0 Å². The molecule has 1 atom stereocenters. The van der Waals surface area contributed by atoms with E-state index in [-0.39, 0.29) is 11.9 Å². The number of pyridine rings is 1. The standard InChI is InChI=1S/C33H32Cl2N8O3/c34-25-11-10-24(19-26(25)35)46-23-7-3-5-20(17-23)31-42-27-18-21(32(45)40-16-13-22-6-1-2-14-39-22)9-12-28(27)43(31)29(30(36)44)8-4-15-41-33(37)38/h1-3,5-7,9-12,14,17-19,29H,4,8,13,15-16H2,(H2,36,44)(H,40,45)(H4,37,38,41)/t29-/m1/s1. The van der Waals surface area contributed by atoms with E-state index in [1.165, 1.54) is 0 Å². The van der Waals surface area contributed by atoms with Crippen LogP contribution in [0.25, 0.3) is 22.4 Å². The monoisotopic (exact) mass is 658 g/mol. The lowest BCUT2D eigenvalue weighted by Gasteiger charge is -2.19. The summed E-state index contributed by atoms with van der Waals surface area (Å²) in [6.45, 7) is 0.739. The minimum atomic E-state index is -0.785. The first kappa shape index (κ1) is 32.3. The summed E-state index contributed by atoms with van der Waals surface area (Å²) in [4.78, 5) is 39.2. The number of carbonyl (C=O) groups is 2. The number of aromatic nitrogens is 3. The van der Waals surface area contributed by atoms with Gasteiger partial charge >= 0.3 is 0 Å². The van der Waals surface area contributed by atoms with Crippen molar-refractivity contribution in [2.75, 3.05) is 13.1 Å². The van der Waals surface area contributed by atoms with Gasteiger partial charge in [-0.15, -0.1) is 0 Å². The van der Waals surface area contributed by atoms with Crippen LogP contribution in [0.15, 0.2) is 90.1 Å². The maximum absolute atomic E-state index is 13.1. The van der Waals surface area contributed by atoms with Crippen LogP contribution in [0.4, 0.5) is 0 Å². The lowest BCUT2D eigenvalue weighted by Crippen LogP contribution is -2.28. The highest BCUT2D eigenvalue weighted by Gasteiger charge is 2.25. The normalized spacial score (nSPS) is 11.6. The summed E-state index contributed by atoms with van der Waals surface area (Å²) in [5, 5.41) is 3.71. The van der Waals surface area contributed by atoms with E-state index in [0.29, 0.717) is 81.9 Å². The molecule has 5 rings (SSSR count). The van der Waals surface area contributed by atoms with Gasteiger partial charge in [0.05, 0.1) is 21.1 Å². The van der Waals surface area contributed by atoms with Gasteiger partial charge in [0.2, 0.25) is 5.91 Å². The third-order valence-electron chi connectivity index (χ3n) is 7.13. The largest absolute Gasteiger partial charge is 0.457 e. The number of nitrogens with zero attached hydrogens (tertiary/aromatic N) is 4. The number of guanidine groups is 1. The van der Waals surface area contributed by atoms with Crippen LogP contribution < -0.4 is 27.3 Å². The quantitative estimate of drug-likeness (QED) is 0.0758. The number of rotatable bonds is 13. The van der Waals surface area contributed by atoms with Gasteiger partial charge in [0, 0.05) is 48.6 Å². The summed E-state index contributed by atoms with van der Waals surface area (Å²) in [6.07, 6.45) is 3.14. The second-order valence-corrected chi connectivity index (χ2v) is 11.2. The minimum Gasteiger partial charge on any atom is -0.457 e. The van der Waals surface area contributed by atoms with Gasteiger partial charge in [0.1, 0.15) is 23.4 Å². The summed E-state index contributed by atoms with van der Waals surface area (Å²) < 4.78 is 7.84. The van der Waals surface area contributed by atoms with E-state index in [1.54, 1.807) is 59.3 Å². The second-order valence-electron chi connectivity index (χ2n) is 10.4. The molecule has 236 valence electrons. The number of hydrogen-bond acceptors (Lipinski definition) is 6. The van der Waals surface area contributed by atoms with Crippen molar-refractivity contribution in [2.45, 2.75) is 25.3 Å². The number of benzene rings is 3. The Morgan fingerprint density at radius 3 is 2.50 bits per heavy atom. The van der Waals surface area contributed by atoms with Crippen LogP contribution in [0.2, 0.25) is 10.0 Å². The maximum Gasteiger partial charge on any atom is 0.251 e. The van der Waals surface area contributed by atoms with Crippen LogP contribution in [0.1, 0.15) is 34.9 Å². The number of halogens is 2. The van der Waals surface area contributed by atoms with Crippen LogP contribution in [-0.4, -0.2) is 45.4 Å². The van der Waals surface area contributed by atoms with E-state index in [2.05, 4.69) is 15.3 Å². The van der Waals surface area contributed by atoms with E-state index in [0.717, 1.165) is 5.69 Å². The lowest BCUT2D eigenvalue weighted by atomic mass is 10.1. The van der Waals surface area contributed by atoms with Crippen molar-refractivity contribution in [3.63, 3.8) is 0 Å². The molecule has 13 heteroatoms. The number of fused-ring (bicyclic) bond motifs is 1. The molecule has 2 amide bonds. The van der Waals surface area contributed by atoms with E-state index < -0.39 is 11.9 Å². The molecular weight excluding hydrogens is 627 g/mol. The van der Waals surface area contributed by atoms with Crippen LogP contribution >= 0.6 is 23.2 Å². The zero-order valence-corrected chi connectivity index (χ0v) is 26.2. The molecule has 11 nitrogen and oxygen atoms in total. The molecule has 2 aromatic heterocycles. The number of ether oxygens (including phenoxy) is 1. The maximum atomic E-state index is 13.1. The van der Waals surface area contributed by atoms with Crippen LogP contribution in [0, 0.1) is 0 Å². The fraction of sp³-hybridized carbons (Fsp3) is 0.182. The first-order chi connectivity index (χ1) is 22.2. The van der Waals surface area contributed by atoms with E-state index in [9.17, 15) is 9.59 Å². The Labute approximate surface area is 275 Å². The summed E-state index contributed by atoms with van der Waals surface area (Å²) >= 11 is 12.2. The molecule has 2 heterocycles. The summed E-state index contributed by atoms with van der Waals surface area (Å²) in [5.74, 6) is 0.626. The molecule has 0 saturated heterocycles.